The van der Waals surface area contributed by atoms with E-state index in [2.05, 4.69) is 11.1 Å². The third-order valence-corrected chi connectivity index (χ3v) is 1.32. The monoisotopic (exact) mass is 253 g/mol. The summed E-state index contributed by atoms with van der Waals surface area (Å²) >= 11 is 0. The molecule has 0 saturated heterocycles. The van der Waals surface area contributed by atoms with Gasteiger partial charge in [-0.1, -0.05) is 6.20 Å². The van der Waals surface area contributed by atoms with Crippen molar-refractivity contribution in [2.75, 3.05) is 6.61 Å². The molecule has 1 aromatic heterocycles. The Morgan fingerprint density at radius 2 is 2.38 bits per heavy atom. The molecular weight excluding hydrogens is 243 g/mol. The van der Waals surface area contributed by atoms with Crippen molar-refractivity contribution in [2.24, 2.45) is 0 Å². The Morgan fingerprint density at radius 3 is 2.92 bits per heavy atom. The summed E-state index contributed by atoms with van der Waals surface area (Å²) in [6, 6.07) is 2.81. The second-order valence-electron chi connectivity index (χ2n) is 2.55. The average Bonchev–Trinajstić information content (AvgIpc) is 2.03. The number of carbonyl (C=O) groups is 1. The normalized spacial score (nSPS) is 8.77. The van der Waals surface area contributed by atoms with Crippen LogP contribution >= 0.6 is 0 Å². The van der Waals surface area contributed by atoms with Crippen LogP contribution in [0.3, 0.4) is 0 Å². The van der Waals surface area contributed by atoms with Gasteiger partial charge in [-0.3, -0.25) is 4.79 Å². The van der Waals surface area contributed by atoms with Gasteiger partial charge in [0.2, 0.25) is 0 Å². The molecule has 0 aromatic carbocycles. The minimum Gasteiger partial charge on any atom is -0.523 e. The number of ether oxygens (including phenoxy) is 1. The summed E-state index contributed by atoms with van der Waals surface area (Å²) in [5.74, 6) is 0.597. The number of pyridine rings is 1. The number of carbonyl (C=O) groups excluding carboxylic acids is 1. The van der Waals surface area contributed by atoms with Crippen LogP contribution in [0.2, 0.25) is 0 Å². The first-order valence-corrected chi connectivity index (χ1v) is 3.64. The number of nitrogens with zero attached hydrogens (tertiary/aromatic N) is 1. The van der Waals surface area contributed by atoms with Crippen LogP contribution in [0.25, 0.3) is 0 Å². The number of aryl methyl sites for hydroxylation is 1. The predicted molar refractivity (Wildman–Crippen MR) is 44.0 cm³/mol. The van der Waals surface area contributed by atoms with Crippen molar-refractivity contribution >= 4 is 5.78 Å². The maximum Gasteiger partial charge on any atom is 0.166 e. The SMILES string of the molecule is CC(=O)COc1[c-]cncc1C.[Y]. The summed E-state index contributed by atoms with van der Waals surface area (Å²) in [6.07, 6.45) is 3.19. The molecule has 0 aliphatic rings. The molecule has 3 nitrogen and oxygen atoms in total. The second kappa shape index (κ2) is 6.22. The zero-order valence-electron chi connectivity index (χ0n) is 7.70. The molecule has 0 fully saturated rings. The van der Waals surface area contributed by atoms with Crippen molar-refractivity contribution in [1.29, 1.82) is 0 Å². The van der Waals surface area contributed by atoms with E-state index in [4.69, 9.17) is 4.74 Å². The molecule has 0 N–H and O–H groups in total. The molecule has 1 rings (SSSR count). The summed E-state index contributed by atoms with van der Waals surface area (Å²) in [6.45, 7) is 3.44. The topological polar surface area (TPSA) is 39.2 Å². The summed E-state index contributed by atoms with van der Waals surface area (Å²) in [5.41, 5.74) is 0.888. The molecule has 1 radical (unpaired) electrons. The summed E-state index contributed by atoms with van der Waals surface area (Å²) in [4.78, 5) is 14.4. The molecule has 0 bridgehead atoms. The fourth-order valence-electron chi connectivity index (χ4n) is 0.747. The van der Waals surface area contributed by atoms with E-state index in [1.54, 1.807) is 6.20 Å². The van der Waals surface area contributed by atoms with Crippen molar-refractivity contribution in [3.63, 3.8) is 0 Å². The van der Waals surface area contributed by atoms with Gasteiger partial charge in [0.1, 0.15) is 6.61 Å². The van der Waals surface area contributed by atoms with E-state index in [9.17, 15) is 4.79 Å². The summed E-state index contributed by atoms with van der Waals surface area (Å²) < 4.78 is 5.15. The smallest absolute Gasteiger partial charge is 0.166 e. The summed E-state index contributed by atoms with van der Waals surface area (Å²) in [7, 11) is 0. The fraction of sp³-hybridized carbons (Fsp3) is 0.333. The van der Waals surface area contributed by atoms with E-state index < -0.39 is 0 Å². The van der Waals surface area contributed by atoms with Crippen LogP contribution < -0.4 is 4.74 Å². The van der Waals surface area contributed by atoms with Gasteiger partial charge in [0, 0.05) is 32.7 Å². The van der Waals surface area contributed by atoms with Crippen LogP contribution in [-0.4, -0.2) is 17.4 Å². The van der Waals surface area contributed by atoms with Gasteiger partial charge in [-0.15, -0.1) is 12.5 Å². The first-order valence-electron chi connectivity index (χ1n) is 3.64. The van der Waals surface area contributed by atoms with E-state index in [1.165, 1.54) is 13.1 Å². The molecule has 0 amide bonds. The van der Waals surface area contributed by atoms with E-state index in [-0.39, 0.29) is 45.1 Å². The van der Waals surface area contributed by atoms with Gasteiger partial charge in [0.25, 0.3) is 0 Å². The molecule has 0 aliphatic heterocycles. The van der Waals surface area contributed by atoms with Crippen LogP contribution in [-0.2, 0) is 37.5 Å². The van der Waals surface area contributed by atoms with Crippen LogP contribution in [0.1, 0.15) is 12.5 Å². The van der Waals surface area contributed by atoms with Crippen LogP contribution in [0.15, 0.2) is 12.4 Å². The van der Waals surface area contributed by atoms with Gasteiger partial charge < -0.3 is 9.72 Å². The number of Topliss-reactive ketones (excluding diaryl/α,β-unsaturated/α-hetero) is 1. The maximum absolute atomic E-state index is 10.6. The van der Waals surface area contributed by atoms with Crippen molar-refractivity contribution in [1.82, 2.24) is 4.98 Å². The van der Waals surface area contributed by atoms with E-state index in [0.717, 1.165) is 5.56 Å². The summed E-state index contributed by atoms with van der Waals surface area (Å²) in [5, 5.41) is 0. The third-order valence-electron chi connectivity index (χ3n) is 1.32. The van der Waals surface area contributed by atoms with E-state index in [0.29, 0.717) is 5.75 Å². The van der Waals surface area contributed by atoms with Gasteiger partial charge in [-0.05, 0) is 18.9 Å². The van der Waals surface area contributed by atoms with Gasteiger partial charge in [0.05, 0.1) is 0 Å². The Kier molecular flexibility index (Phi) is 6.09. The predicted octanol–water partition coefficient (Wildman–Crippen LogP) is 1.16. The average molecular weight is 253 g/mol. The number of rotatable bonds is 3. The number of ketones is 1. The maximum atomic E-state index is 10.6. The fourth-order valence-corrected chi connectivity index (χ4v) is 0.747. The zero-order valence-corrected chi connectivity index (χ0v) is 10.5. The Hall–Kier alpha value is -0.276. The van der Waals surface area contributed by atoms with Gasteiger partial charge in [0.15, 0.2) is 5.78 Å². The van der Waals surface area contributed by atoms with Gasteiger partial charge in [-0.2, -0.15) is 6.07 Å². The molecule has 0 spiro atoms. The van der Waals surface area contributed by atoms with Crippen molar-refractivity contribution < 1.29 is 42.2 Å². The molecule has 0 aliphatic carbocycles. The van der Waals surface area contributed by atoms with Gasteiger partial charge in [-0.25, -0.2) is 0 Å². The molecular formula is C9H10NO2Y-. The van der Waals surface area contributed by atoms with Crippen LogP contribution in [0.5, 0.6) is 5.75 Å². The quantitative estimate of drug-likeness (QED) is 0.758. The Labute approximate surface area is 103 Å². The van der Waals surface area contributed by atoms with E-state index in [1.807, 2.05) is 6.92 Å². The first-order chi connectivity index (χ1) is 5.70. The molecule has 4 heteroatoms. The van der Waals surface area contributed by atoms with Crippen molar-refractivity contribution in [3.8, 4) is 5.75 Å². The Balaban J connectivity index is 0.00000144. The van der Waals surface area contributed by atoms with Crippen LogP contribution in [0.4, 0.5) is 0 Å². The van der Waals surface area contributed by atoms with Crippen LogP contribution in [0, 0.1) is 13.0 Å². The van der Waals surface area contributed by atoms with Crippen molar-refractivity contribution in [2.45, 2.75) is 13.8 Å². The first kappa shape index (κ1) is 12.7. The molecule has 13 heavy (non-hydrogen) atoms. The second-order valence-corrected chi connectivity index (χ2v) is 2.55. The molecule has 67 valence electrons. The minimum absolute atomic E-state index is 0. The van der Waals surface area contributed by atoms with E-state index >= 15 is 0 Å². The third kappa shape index (κ3) is 4.48. The number of aromatic nitrogens is 1. The molecule has 0 atom stereocenters. The number of hydrogen-bond acceptors (Lipinski definition) is 3. The largest absolute Gasteiger partial charge is 0.523 e. The van der Waals surface area contributed by atoms with Crippen molar-refractivity contribution in [3.05, 3.63) is 24.0 Å². The minimum atomic E-state index is -0.000359. The standard InChI is InChI=1S/C9H10NO2.Y/c1-7-5-10-4-3-9(7)12-6-8(2)11;/h4-5H,6H2,1-2H3;/q-1;. The van der Waals surface area contributed by atoms with Gasteiger partial charge >= 0.3 is 0 Å². The number of hydrogen-bond donors (Lipinski definition) is 0. The zero-order chi connectivity index (χ0) is 8.97. The molecule has 1 heterocycles. The molecule has 1 aromatic rings. The molecule has 0 saturated carbocycles. The Morgan fingerprint density at radius 1 is 1.69 bits per heavy atom. The Bertz CT molecular complexity index is 289. The molecule has 0 unspecified atom stereocenters.